The number of aryl methyl sites for hydroxylation is 1. The molecule has 0 atom stereocenters. The van der Waals surface area contributed by atoms with Crippen molar-refractivity contribution >= 4 is 27.5 Å². The highest BCUT2D eigenvalue weighted by Crippen LogP contribution is 2.20. The average molecular weight is 314 g/mol. The maximum Gasteiger partial charge on any atom is 0.279 e. The van der Waals surface area contributed by atoms with Crippen LogP contribution in [0.25, 0.3) is 10.2 Å². The van der Waals surface area contributed by atoms with Crippen LogP contribution in [-0.4, -0.2) is 10.5 Å². The highest BCUT2D eigenvalue weighted by Gasteiger charge is 2.11. The second-order valence-electron chi connectivity index (χ2n) is 4.91. The molecule has 0 aliphatic heterocycles. The Labute approximate surface area is 131 Å². The van der Waals surface area contributed by atoms with E-state index >= 15 is 0 Å². The fraction of sp³-hybridized carbons (Fsp3) is 0.176. The molecular weight excluding hydrogens is 299 g/mol. The number of hydrogen-bond acceptors (Lipinski definition) is 2. The van der Waals surface area contributed by atoms with Gasteiger partial charge in [0.2, 0.25) is 0 Å². The molecule has 0 aliphatic rings. The lowest BCUT2D eigenvalue weighted by molar-refractivity contribution is 0.0998. The standard InChI is InChI=1S/C17H15FN2OS/c1-2-11-20-15-13(18)9-6-10-14(15)22-17(20)19-16(21)12-7-4-3-5-8-12/h3-10H,2,11H2,1H3. The summed E-state index contributed by atoms with van der Waals surface area (Å²) in [6, 6.07) is 13.9. The molecule has 0 saturated heterocycles. The largest absolute Gasteiger partial charge is 0.314 e. The van der Waals surface area contributed by atoms with Gasteiger partial charge in [0.1, 0.15) is 5.82 Å². The van der Waals surface area contributed by atoms with E-state index < -0.39 is 0 Å². The summed E-state index contributed by atoms with van der Waals surface area (Å²) in [4.78, 5) is 17.0. The summed E-state index contributed by atoms with van der Waals surface area (Å²) >= 11 is 1.34. The Balaban J connectivity index is 2.18. The van der Waals surface area contributed by atoms with Gasteiger partial charge in [0.05, 0.1) is 10.2 Å². The van der Waals surface area contributed by atoms with E-state index in [0.717, 1.165) is 11.1 Å². The van der Waals surface area contributed by atoms with Crippen LogP contribution < -0.4 is 4.80 Å². The smallest absolute Gasteiger partial charge is 0.279 e. The number of para-hydroxylation sites is 1. The summed E-state index contributed by atoms with van der Waals surface area (Å²) in [6.45, 7) is 2.64. The summed E-state index contributed by atoms with van der Waals surface area (Å²) in [5.74, 6) is -0.590. The number of halogens is 1. The normalized spacial score (nSPS) is 12.0. The topological polar surface area (TPSA) is 34.4 Å². The Morgan fingerprint density at radius 2 is 1.95 bits per heavy atom. The highest BCUT2D eigenvalue weighted by molar-refractivity contribution is 7.16. The van der Waals surface area contributed by atoms with Gasteiger partial charge in [-0.1, -0.05) is 42.5 Å². The van der Waals surface area contributed by atoms with Gasteiger partial charge in [-0.25, -0.2) is 4.39 Å². The molecule has 1 aromatic heterocycles. The number of nitrogens with zero attached hydrogens (tertiary/aromatic N) is 2. The van der Waals surface area contributed by atoms with Crippen LogP contribution in [0, 0.1) is 5.82 Å². The maximum atomic E-state index is 14.1. The molecule has 0 spiro atoms. The number of amides is 1. The molecule has 5 heteroatoms. The first-order valence-corrected chi connectivity index (χ1v) is 7.94. The third-order valence-electron chi connectivity index (χ3n) is 3.32. The summed E-state index contributed by atoms with van der Waals surface area (Å²) in [5, 5.41) is 0. The van der Waals surface area contributed by atoms with Crippen molar-refractivity contribution in [1.29, 1.82) is 0 Å². The highest BCUT2D eigenvalue weighted by atomic mass is 32.1. The maximum absolute atomic E-state index is 14.1. The van der Waals surface area contributed by atoms with Crippen LogP contribution >= 0.6 is 11.3 Å². The molecule has 3 rings (SSSR count). The third kappa shape index (κ3) is 2.72. The molecule has 112 valence electrons. The van der Waals surface area contributed by atoms with Gasteiger partial charge in [0, 0.05) is 12.1 Å². The van der Waals surface area contributed by atoms with Crippen molar-refractivity contribution in [3.8, 4) is 0 Å². The van der Waals surface area contributed by atoms with E-state index in [1.165, 1.54) is 17.4 Å². The molecule has 0 N–H and O–H groups in total. The summed E-state index contributed by atoms with van der Waals surface area (Å²) in [5.41, 5.74) is 1.05. The van der Waals surface area contributed by atoms with Crippen molar-refractivity contribution in [2.75, 3.05) is 0 Å². The second-order valence-corrected chi connectivity index (χ2v) is 5.91. The number of carbonyl (C=O) groups is 1. The Morgan fingerprint density at radius 3 is 2.68 bits per heavy atom. The molecule has 0 fully saturated rings. The number of carbonyl (C=O) groups excluding carboxylic acids is 1. The Kier molecular flexibility index (Phi) is 4.15. The van der Waals surface area contributed by atoms with Crippen molar-refractivity contribution in [3.05, 3.63) is 64.7 Å². The summed E-state index contributed by atoms with van der Waals surface area (Å²) in [7, 11) is 0. The van der Waals surface area contributed by atoms with Crippen molar-refractivity contribution in [2.45, 2.75) is 19.9 Å². The molecule has 1 heterocycles. The first kappa shape index (κ1) is 14.7. The van der Waals surface area contributed by atoms with Gasteiger partial charge in [0.15, 0.2) is 4.80 Å². The molecule has 1 amide bonds. The third-order valence-corrected chi connectivity index (χ3v) is 4.36. The summed E-state index contributed by atoms with van der Waals surface area (Å²) in [6.07, 6.45) is 0.840. The van der Waals surface area contributed by atoms with Crippen LogP contribution in [0.1, 0.15) is 23.7 Å². The number of fused-ring (bicyclic) bond motifs is 1. The Bertz CT molecular complexity index is 881. The number of rotatable bonds is 3. The molecule has 2 aromatic carbocycles. The minimum Gasteiger partial charge on any atom is -0.314 e. The summed E-state index contributed by atoms with van der Waals surface area (Å²) < 4.78 is 16.7. The van der Waals surface area contributed by atoms with Crippen LogP contribution in [0.2, 0.25) is 0 Å². The number of aromatic nitrogens is 1. The monoisotopic (exact) mass is 314 g/mol. The minimum absolute atomic E-state index is 0.282. The first-order valence-electron chi connectivity index (χ1n) is 7.12. The van der Waals surface area contributed by atoms with E-state index in [1.54, 1.807) is 34.9 Å². The van der Waals surface area contributed by atoms with Crippen LogP contribution in [0.5, 0.6) is 0 Å². The molecule has 0 aliphatic carbocycles. The van der Waals surface area contributed by atoms with Crippen molar-refractivity contribution < 1.29 is 9.18 Å². The zero-order valence-electron chi connectivity index (χ0n) is 12.1. The van der Waals surface area contributed by atoms with E-state index in [9.17, 15) is 9.18 Å². The van der Waals surface area contributed by atoms with Gasteiger partial charge in [-0.05, 0) is 30.7 Å². The van der Waals surface area contributed by atoms with Crippen LogP contribution in [0.4, 0.5) is 4.39 Å². The Morgan fingerprint density at radius 1 is 1.18 bits per heavy atom. The predicted octanol–water partition coefficient (Wildman–Crippen LogP) is 3.99. The quantitative estimate of drug-likeness (QED) is 0.719. The molecule has 22 heavy (non-hydrogen) atoms. The van der Waals surface area contributed by atoms with Crippen LogP contribution in [-0.2, 0) is 6.54 Å². The number of hydrogen-bond donors (Lipinski definition) is 0. The number of benzene rings is 2. The van der Waals surface area contributed by atoms with E-state index in [4.69, 9.17) is 0 Å². The fourth-order valence-electron chi connectivity index (χ4n) is 2.34. The van der Waals surface area contributed by atoms with E-state index in [1.807, 2.05) is 19.1 Å². The van der Waals surface area contributed by atoms with Crippen molar-refractivity contribution in [1.82, 2.24) is 4.57 Å². The van der Waals surface area contributed by atoms with Gasteiger partial charge >= 0.3 is 0 Å². The zero-order chi connectivity index (χ0) is 15.5. The van der Waals surface area contributed by atoms with Gasteiger partial charge in [0.25, 0.3) is 5.91 Å². The van der Waals surface area contributed by atoms with Gasteiger partial charge < -0.3 is 4.57 Å². The van der Waals surface area contributed by atoms with Crippen LogP contribution in [0.15, 0.2) is 53.5 Å². The lowest BCUT2D eigenvalue weighted by Crippen LogP contribution is -2.17. The van der Waals surface area contributed by atoms with E-state index in [2.05, 4.69) is 4.99 Å². The second kappa shape index (κ2) is 6.23. The fourth-order valence-corrected chi connectivity index (χ4v) is 3.40. The van der Waals surface area contributed by atoms with Gasteiger partial charge in [-0.2, -0.15) is 4.99 Å². The lowest BCUT2D eigenvalue weighted by Gasteiger charge is -2.03. The molecular formula is C17H15FN2OS. The van der Waals surface area contributed by atoms with Gasteiger partial charge in [-0.3, -0.25) is 4.79 Å². The minimum atomic E-state index is -0.308. The van der Waals surface area contributed by atoms with Gasteiger partial charge in [-0.15, -0.1) is 0 Å². The SMILES string of the molecule is CCCn1c(=NC(=O)c2ccccc2)sc2cccc(F)c21. The molecule has 0 radical (unpaired) electrons. The first-order chi connectivity index (χ1) is 10.7. The zero-order valence-corrected chi connectivity index (χ0v) is 12.9. The molecule has 0 saturated carbocycles. The van der Waals surface area contributed by atoms with Crippen molar-refractivity contribution in [3.63, 3.8) is 0 Å². The lowest BCUT2D eigenvalue weighted by atomic mass is 10.2. The molecule has 3 aromatic rings. The van der Waals surface area contributed by atoms with E-state index in [0.29, 0.717) is 22.4 Å². The molecule has 0 bridgehead atoms. The molecule has 3 nitrogen and oxygen atoms in total. The number of thiazole rings is 1. The predicted molar refractivity (Wildman–Crippen MR) is 86.4 cm³/mol. The van der Waals surface area contributed by atoms with Crippen LogP contribution in [0.3, 0.4) is 0 Å². The van der Waals surface area contributed by atoms with Crippen molar-refractivity contribution in [2.24, 2.45) is 4.99 Å². The van der Waals surface area contributed by atoms with E-state index in [-0.39, 0.29) is 11.7 Å². The Hall–Kier alpha value is -2.27. The molecule has 0 unspecified atom stereocenters. The average Bonchev–Trinajstić information content (AvgIpc) is 2.87.